The van der Waals surface area contributed by atoms with Crippen LogP contribution in [-0.4, -0.2) is 39.8 Å². The summed E-state index contributed by atoms with van der Waals surface area (Å²) < 4.78 is 4.94. The minimum atomic E-state index is -0.670. The predicted octanol–water partition coefficient (Wildman–Crippen LogP) is 1.15. The van der Waals surface area contributed by atoms with Crippen molar-refractivity contribution in [3.8, 4) is 0 Å². The van der Waals surface area contributed by atoms with Crippen molar-refractivity contribution in [3.63, 3.8) is 0 Å². The molecule has 1 aromatic rings. The van der Waals surface area contributed by atoms with Gasteiger partial charge in [0.2, 0.25) is 0 Å². The zero-order valence-corrected chi connectivity index (χ0v) is 9.72. The van der Waals surface area contributed by atoms with Crippen LogP contribution in [0.25, 0.3) is 0 Å². The van der Waals surface area contributed by atoms with E-state index in [9.17, 15) is 5.11 Å². The van der Waals surface area contributed by atoms with Crippen LogP contribution >= 0.6 is 0 Å². The predicted molar refractivity (Wildman–Crippen MR) is 58.9 cm³/mol. The Morgan fingerprint density at radius 1 is 1.38 bits per heavy atom. The van der Waals surface area contributed by atoms with Gasteiger partial charge in [-0.3, -0.25) is 0 Å². The van der Waals surface area contributed by atoms with Gasteiger partial charge in [-0.1, -0.05) is 11.6 Å². The van der Waals surface area contributed by atoms with Crippen LogP contribution < -0.4 is 0 Å². The molecule has 0 aromatic carbocycles. The molecule has 2 rings (SSSR count). The third-order valence-electron chi connectivity index (χ3n) is 2.94. The first-order valence-corrected chi connectivity index (χ1v) is 5.98. The smallest absolute Gasteiger partial charge is 0.255 e. The number of aliphatic hydroxyl groups excluding tert-OH is 1. The van der Waals surface area contributed by atoms with E-state index in [1.807, 2.05) is 0 Å². The second kappa shape index (κ2) is 5.41. The summed E-state index contributed by atoms with van der Waals surface area (Å²) in [7, 11) is 0. The van der Waals surface area contributed by atoms with Gasteiger partial charge in [-0.2, -0.15) is 4.98 Å². The SMILES string of the molecule is CC(O)c1nc(CCN2CCCCC2)no1. The molecule has 0 bridgehead atoms. The minimum Gasteiger partial charge on any atom is -0.384 e. The molecular formula is C11H19N3O2. The van der Waals surface area contributed by atoms with Gasteiger partial charge in [0.25, 0.3) is 5.89 Å². The number of likely N-dealkylation sites (tertiary alicyclic amines) is 1. The molecule has 1 atom stereocenters. The fourth-order valence-corrected chi connectivity index (χ4v) is 1.98. The van der Waals surface area contributed by atoms with Gasteiger partial charge in [0.15, 0.2) is 5.82 Å². The van der Waals surface area contributed by atoms with Crippen LogP contribution in [0, 0.1) is 0 Å². The molecule has 1 aliphatic heterocycles. The lowest BCUT2D eigenvalue weighted by atomic mass is 10.1. The largest absolute Gasteiger partial charge is 0.384 e. The average molecular weight is 225 g/mol. The molecule has 5 heteroatoms. The maximum atomic E-state index is 9.25. The van der Waals surface area contributed by atoms with Crippen molar-refractivity contribution < 1.29 is 9.63 Å². The highest BCUT2D eigenvalue weighted by molar-refractivity contribution is 4.89. The number of aliphatic hydroxyl groups is 1. The lowest BCUT2D eigenvalue weighted by molar-refractivity contribution is 0.151. The maximum Gasteiger partial charge on any atom is 0.255 e. The van der Waals surface area contributed by atoms with E-state index in [2.05, 4.69) is 15.0 Å². The number of hydrogen-bond acceptors (Lipinski definition) is 5. The molecule has 0 radical (unpaired) electrons. The van der Waals surface area contributed by atoms with Crippen LogP contribution in [0.1, 0.15) is 44.0 Å². The highest BCUT2D eigenvalue weighted by Gasteiger charge is 2.13. The van der Waals surface area contributed by atoms with Crippen molar-refractivity contribution in [2.45, 2.75) is 38.7 Å². The molecule has 0 saturated carbocycles. The summed E-state index contributed by atoms with van der Waals surface area (Å²) in [5.74, 6) is 1.01. The quantitative estimate of drug-likeness (QED) is 0.833. The summed E-state index contributed by atoms with van der Waals surface area (Å²) in [6, 6.07) is 0. The zero-order valence-electron chi connectivity index (χ0n) is 9.72. The molecule has 0 amide bonds. The Bertz CT molecular complexity index is 319. The third-order valence-corrected chi connectivity index (χ3v) is 2.94. The summed E-state index contributed by atoms with van der Waals surface area (Å²) in [5, 5.41) is 13.1. The first-order chi connectivity index (χ1) is 7.75. The third kappa shape index (κ3) is 3.02. The van der Waals surface area contributed by atoms with Crippen LogP contribution in [0.2, 0.25) is 0 Å². The molecule has 1 aliphatic rings. The van der Waals surface area contributed by atoms with E-state index in [1.54, 1.807) is 6.92 Å². The van der Waals surface area contributed by atoms with Gasteiger partial charge in [0.1, 0.15) is 6.10 Å². The summed E-state index contributed by atoms with van der Waals surface area (Å²) in [5.41, 5.74) is 0. The number of nitrogens with zero attached hydrogens (tertiary/aromatic N) is 3. The van der Waals surface area contributed by atoms with E-state index >= 15 is 0 Å². The molecule has 0 spiro atoms. The maximum absolute atomic E-state index is 9.25. The average Bonchev–Trinajstić information content (AvgIpc) is 2.76. The van der Waals surface area contributed by atoms with Crippen LogP contribution in [-0.2, 0) is 6.42 Å². The van der Waals surface area contributed by atoms with Crippen molar-refractivity contribution in [2.75, 3.05) is 19.6 Å². The Hall–Kier alpha value is -0.940. The Balaban J connectivity index is 1.79. The molecule has 1 N–H and O–H groups in total. The Morgan fingerprint density at radius 3 is 2.75 bits per heavy atom. The highest BCUT2D eigenvalue weighted by atomic mass is 16.5. The molecule has 90 valence electrons. The van der Waals surface area contributed by atoms with E-state index in [1.165, 1.54) is 32.4 Å². The Labute approximate surface area is 95.4 Å². The fourth-order valence-electron chi connectivity index (χ4n) is 1.98. The lowest BCUT2D eigenvalue weighted by Gasteiger charge is -2.25. The van der Waals surface area contributed by atoms with Gasteiger partial charge >= 0.3 is 0 Å². The first kappa shape index (κ1) is 11.5. The fraction of sp³-hybridized carbons (Fsp3) is 0.818. The molecule has 5 nitrogen and oxygen atoms in total. The van der Waals surface area contributed by atoms with E-state index in [-0.39, 0.29) is 0 Å². The van der Waals surface area contributed by atoms with Crippen molar-refractivity contribution >= 4 is 0 Å². The molecule has 16 heavy (non-hydrogen) atoms. The molecule has 1 fully saturated rings. The van der Waals surface area contributed by atoms with Crippen LogP contribution in [0.5, 0.6) is 0 Å². The molecule has 1 saturated heterocycles. The topological polar surface area (TPSA) is 62.4 Å². The van der Waals surface area contributed by atoms with E-state index < -0.39 is 6.10 Å². The zero-order chi connectivity index (χ0) is 11.4. The van der Waals surface area contributed by atoms with Crippen LogP contribution in [0.3, 0.4) is 0 Å². The van der Waals surface area contributed by atoms with Crippen molar-refractivity contribution in [1.29, 1.82) is 0 Å². The van der Waals surface area contributed by atoms with E-state index in [0.29, 0.717) is 11.7 Å². The first-order valence-electron chi connectivity index (χ1n) is 5.98. The number of aromatic nitrogens is 2. The molecule has 2 heterocycles. The summed E-state index contributed by atoms with van der Waals surface area (Å²) in [6.45, 7) is 4.98. The molecule has 0 aliphatic carbocycles. The monoisotopic (exact) mass is 225 g/mol. The summed E-state index contributed by atoms with van der Waals surface area (Å²) in [4.78, 5) is 6.57. The Morgan fingerprint density at radius 2 is 2.12 bits per heavy atom. The number of piperidine rings is 1. The van der Waals surface area contributed by atoms with Gasteiger partial charge in [-0.25, -0.2) is 0 Å². The van der Waals surface area contributed by atoms with Gasteiger partial charge in [0.05, 0.1) is 0 Å². The number of rotatable bonds is 4. The second-order valence-corrected chi connectivity index (χ2v) is 4.38. The molecule has 1 aromatic heterocycles. The van der Waals surface area contributed by atoms with Crippen molar-refractivity contribution in [3.05, 3.63) is 11.7 Å². The van der Waals surface area contributed by atoms with Crippen LogP contribution in [0.4, 0.5) is 0 Å². The highest BCUT2D eigenvalue weighted by Crippen LogP contribution is 2.11. The Kier molecular flexibility index (Phi) is 3.90. The molecular weight excluding hydrogens is 206 g/mol. The molecule has 1 unspecified atom stereocenters. The van der Waals surface area contributed by atoms with E-state index in [0.717, 1.165) is 13.0 Å². The summed E-state index contributed by atoms with van der Waals surface area (Å²) in [6.07, 6.45) is 4.08. The van der Waals surface area contributed by atoms with Crippen molar-refractivity contribution in [2.24, 2.45) is 0 Å². The van der Waals surface area contributed by atoms with E-state index in [4.69, 9.17) is 4.52 Å². The normalized spacial score (nSPS) is 19.9. The standard InChI is InChI=1S/C11H19N3O2/c1-9(15)11-12-10(13-16-11)5-8-14-6-3-2-4-7-14/h9,15H,2-8H2,1H3. The summed E-state index contributed by atoms with van der Waals surface area (Å²) >= 11 is 0. The van der Waals surface area contributed by atoms with Gasteiger partial charge in [0, 0.05) is 13.0 Å². The van der Waals surface area contributed by atoms with Crippen LogP contribution in [0.15, 0.2) is 4.52 Å². The number of hydrogen-bond donors (Lipinski definition) is 1. The van der Waals surface area contributed by atoms with Gasteiger partial charge in [-0.05, 0) is 32.9 Å². The van der Waals surface area contributed by atoms with Gasteiger partial charge < -0.3 is 14.5 Å². The van der Waals surface area contributed by atoms with Gasteiger partial charge in [-0.15, -0.1) is 0 Å². The van der Waals surface area contributed by atoms with Crippen molar-refractivity contribution in [1.82, 2.24) is 15.0 Å². The minimum absolute atomic E-state index is 0.314. The lowest BCUT2D eigenvalue weighted by Crippen LogP contribution is -2.31. The second-order valence-electron chi connectivity index (χ2n) is 4.38.